The predicted octanol–water partition coefficient (Wildman–Crippen LogP) is 0.580. The summed E-state index contributed by atoms with van der Waals surface area (Å²) in [5.41, 5.74) is 0. The van der Waals surface area contributed by atoms with Crippen LogP contribution < -0.4 is 0 Å². The van der Waals surface area contributed by atoms with Gasteiger partial charge in [0.25, 0.3) is 0 Å². The molecule has 0 aromatic carbocycles. The van der Waals surface area contributed by atoms with E-state index in [1.54, 1.807) is 0 Å². The molecule has 0 N–H and O–H groups in total. The second-order valence-corrected chi connectivity index (χ2v) is 3.53. The van der Waals surface area contributed by atoms with Gasteiger partial charge in [0.1, 0.15) is 0 Å². The molecule has 1 aliphatic heterocycles. The van der Waals surface area contributed by atoms with E-state index in [2.05, 4.69) is 0 Å². The molecular formula is C6H11NOS. The van der Waals surface area contributed by atoms with Gasteiger partial charge in [-0.05, 0) is 20.5 Å². The second-order valence-electron chi connectivity index (χ2n) is 2.44. The van der Waals surface area contributed by atoms with Gasteiger partial charge in [0.15, 0.2) is 0 Å². The third kappa shape index (κ3) is 1.46. The fourth-order valence-corrected chi connectivity index (χ4v) is 2.02. The van der Waals surface area contributed by atoms with Gasteiger partial charge in [0, 0.05) is 5.75 Å². The maximum Gasteiger partial charge on any atom is 0.206 e. The molecule has 0 aromatic heterocycles. The van der Waals surface area contributed by atoms with Gasteiger partial charge >= 0.3 is 0 Å². The van der Waals surface area contributed by atoms with E-state index in [0.29, 0.717) is 5.12 Å². The summed E-state index contributed by atoms with van der Waals surface area (Å²) in [6.45, 7) is 0. The minimum Gasteiger partial charge on any atom is -0.299 e. The molecule has 0 spiro atoms. The van der Waals surface area contributed by atoms with Crippen LogP contribution in [0.4, 0.5) is 0 Å². The molecule has 0 saturated carbocycles. The molecule has 1 rings (SSSR count). The average molecular weight is 145 g/mol. The molecule has 1 fully saturated rings. The molecular weight excluding hydrogens is 134 g/mol. The first-order valence-electron chi connectivity index (χ1n) is 3.05. The van der Waals surface area contributed by atoms with Crippen LogP contribution in [-0.4, -0.2) is 35.9 Å². The van der Waals surface area contributed by atoms with E-state index in [4.69, 9.17) is 0 Å². The SMILES string of the molecule is CN(C)[C@H]1CCSC1=O. The lowest BCUT2D eigenvalue weighted by Gasteiger charge is -2.14. The second kappa shape index (κ2) is 2.71. The Bertz CT molecular complexity index is 124. The largest absolute Gasteiger partial charge is 0.299 e. The molecule has 1 saturated heterocycles. The highest BCUT2D eigenvalue weighted by molar-refractivity contribution is 8.14. The van der Waals surface area contributed by atoms with E-state index >= 15 is 0 Å². The summed E-state index contributed by atoms with van der Waals surface area (Å²) in [6, 6.07) is 0.190. The monoisotopic (exact) mass is 145 g/mol. The molecule has 9 heavy (non-hydrogen) atoms. The van der Waals surface area contributed by atoms with Crippen molar-refractivity contribution in [1.82, 2.24) is 4.90 Å². The molecule has 52 valence electrons. The lowest BCUT2D eigenvalue weighted by Crippen LogP contribution is -2.30. The smallest absolute Gasteiger partial charge is 0.206 e. The maximum atomic E-state index is 10.9. The van der Waals surface area contributed by atoms with Gasteiger partial charge in [-0.2, -0.15) is 0 Å². The first kappa shape index (κ1) is 7.09. The Morgan fingerprint density at radius 3 is 2.56 bits per heavy atom. The van der Waals surface area contributed by atoms with Crippen LogP contribution in [0.2, 0.25) is 0 Å². The van der Waals surface area contributed by atoms with Crippen molar-refractivity contribution in [1.29, 1.82) is 0 Å². The molecule has 0 amide bonds. The van der Waals surface area contributed by atoms with Crippen LogP contribution in [0.5, 0.6) is 0 Å². The zero-order valence-corrected chi connectivity index (χ0v) is 6.57. The third-order valence-electron chi connectivity index (χ3n) is 1.53. The number of thioether (sulfide) groups is 1. The van der Waals surface area contributed by atoms with Crippen LogP contribution in [-0.2, 0) is 4.79 Å². The maximum absolute atomic E-state index is 10.9. The number of nitrogens with zero attached hydrogens (tertiary/aromatic N) is 1. The van der Waals surface area contributed by atoms with Gasteiger partial charge in [-0.25, -0.2) is 0 Å². The van der Waals surface area contributed by atoms with Gasteiger partial charge < -0.3 is 0 Å². The Balaban J connectivity index is 2.49. The van der Waals surface area contributed by atoms with Crippen molar-refractivity contribution < 1.29 is 4.79 Å². The van der Waals surface area contributed by atoms with Crippen molar-refractivity contribution >= 4 is 16.9 Å². The summed E-state index contributed by atoms with van der Waals surface area (Å²) < 4.78 is 0. The van der Waals surface area contributed by atoms with E-state index in [1.165, 1.54) is 11.8 Å². The Hall–Kier alpha value is -0.0200. The number of hydrogen-bond donors (Lipinski definition) is 0. The number of carbonyl (C=O) groups excluding carboxylic acids is 1. The van der Waals surface area contributed by atoms with Crippen LogP contribution in [0, 0.1) is 0 Å². The normalized spacial score (nSPS) is 27.9. The molecule has 3 heteroatoms. The van der Waals surface area contributed by atoms with Gasteiger partial charge in [-0.1, -0.05) is 11.8 Å². The fourth-order valence-electron chi connectivity index (χ4n) is 0.954. The zero-order chi connectivity index (χ0) is 6.85. The van der Waals surface area contributed by atoms with Crippen molar-refractivity contribution in [3.63, 3.8) is 0 Å². The van der Waals surface area contributed by atoms with E-state index in [9.17, 15) is 4.79 Å². The third-order valence-corrected chi connectivity index (χ3v) is 2.53. The summed E-state index contributed by atoms with van der Waals surface area (Å²) in [7, 11) is 3.91. The Morgan fingerprint density at radius 2 is 2.33 bits per heavy atom. The average Bonchev–Trinajstić information content (AvgIpc) is 2.13. The highest BCUT2D eigenvalue weighted by atomic mass is 32.2. The van der Waals surface area contributed by atoms with E-state index < -0.39 is 0 Å². The van der Waals surface area contributed by atoms with Crippen molar-refractivity contribution in [2.75, 3.05) is 19.8 Å². The van der Waals surface area contributed by atoms with Crippen LogP contribution in [0.3, 0.4) is 0 Å². The molecule has 1 atom stereocenters. The molecule has 0 unspecified atom stereocenters. The van der Waals surface area contributed by atoms with Crippen molar-refractivity contribution in [3.05, 3.63) is 0 Å². The summed E-state index contributed by atoms with van der Waals surface area (Å²) in [6.07, 6.45) is 1.02. The highest BCUT2D eigenvalue weighted by Crippen LogP contribution is 2.22. The van der Waals surface area contributed by atoms with E-state index in [1.807, 2.05) is 19.0 Å². The summed E-state index contributed by atoms with van der Waals surface area (Å²) in [5.74, 6) is 1.00. The quantitative estimate of drug-likeness (QED) is 0.538. The number of carbonyl (C=O) groups is 1. The van der Waals surface area contributed by atoms with Crippen LogP contribution in [0.1, 0.15) is 6.42 Å². The molecule has 0 aromatic rings. The molecule has 0 radical (unpaired) electrons. The standard InChI is InChI=1S/C6H11NOS/c1-7(2)5-3-4-9-6(5)8/h5H,3-4H2,1-2H3/t5-/m0/s1. The van der Waals surface area contributed by atoms with Crippen molar-refractivity contribution in [2.24, 2.45) is 0 Å². The first-order valence-corrected chi connectivity index (χ1v) is 4.03. The Labute approximate surface area is 59.6 Å². The first-order chi connectivity index (χ1) is 4.22. The van der Waals surface area contributed by atoms with E-state index in [0.717, 1.165) is 12.2 Å². The van der Waals surface area contributed by atoms with Crippen LogP contribution in [0.15, 0.2) is 0 Å². The summed E-state index contributed by atoms with van der Waals surface area (Å²) >= 11 is 1.45. The summed E-state index contributed by atoms with van der Waals surface area (Å²) in [5, 5.41) is 0.333. The van der Waals surface area contributed by atoms with Gasteiger partial charge in [-0.3, -0.25) is 9.69 Å². The summed E-state index contributed by atoms with van der Waals surface area (Å²) in [4.78, 5) is 12.9. The fraction of sp³-hybridized carbons (Fsp3) is 0.833. The zero-order valence-electron chi connectivity index (χ0n) is 5.76. The van der Waals surface area contributed by atoms with E-state index in [-0.39, 0.29) is 6.04 Å². The van der Waals surface area contributed by atoms with Gasteiger partial charge in [-0.15, -0.1) is 0 Å². The topological polar surface area (TPSA) is 20.3 Å². The number of hydrogen-bond acceptors (Lipinski definition) is 3. The minimum absolute atomic E-state index is 0.190. The Morgan fingerprint density at radius 1 is 1.67 bits per heavy atom. The molecule has 0 aliphatic carbocycles. The lowest BCUT2D eigenvalue weighted by molar-refractivity contribution is -0.114. The van der Waals surface area contributed by atoms with Crippen LogP contribution in [0.25, 0.3) is 0 Å². The molecule has 1 aliphatic rings. The predicted molar refractivity (Wildman–Crippen MR) is 39.6 cm³/mol. The van der Waals surface area contributed by atoms with Crippen LogP contribution >= 0.6 is 11.8 Å². The minimum atomic E-state index is 0.190. The highest BCUT2D eigenvalue weighted by Gasteiger charge is 2.26. The molecule has 0 bridgehead atoms. The van der Waals surface area contributed by atoms with Gasteiger partial charge in [0.05, 0.1) is 6.04 Å². The lowest BCUT2D eigenvalue weighted by atomic mass is 10.2. The van der Waals surface area contributed by atoms with Crippen molar-refractivity contribution in [2.45, 2.75) is 12.5 Å². The Kier molecular flexibility index (Phi) is 2.13. The molecule has 1 heterocycles. The number of rotatable bonds is 1. The molecule has 2 nitrogen and oxygen atoms in total. The number of likely N-dealkylation sites (N-methyl/N-ethyl adjacent to an activating group) is 1. The van der Waals surface area contributed by atoms with Gasteiger partial charge in [0.2, 0.25) is 5.12 Å². The van der Waals surface area contributed by atoms with Crippen molar-refractivity contribution in [3.8, 4) is 0 Å².